The lowest BCUT2D eigenvalue weighted by atomic mass is 9.99. The van der Waals surface area contributed by atoms with Crippen LogP contribution in [0.5, 0.6) is 0 Å². The molecule has 0 radical (unpaired) electrons. The molecule has 7 heteroatoms. The van der Waals surface area contributed by atoms with E-state index in [1.165, 1.54) is 11.3 Å². The maximum Gasteiger partial charge on any atom is 0.323 e. The first-order valence-corrected chi connectivity index (χ1v) is 7.40. The van der Waals surface area contributed by atoms with Gasteiger partial charge in [-0.3, -0.25) is 14.9 Å². The van der Waals surface area contributed by atoms with Gasteiger partial charge >= 0.3 is 5.97 Å². The number of carboxylic acids is 1. The Morgan fingerprint density at radius 3 is 2.71 bits per heavy atom. The topological polar surface area (TPSA) is 91.3 Å². The van der Waals surface area contributed by atoms with E-state index in [2.05, 4.69) is 15.6 Å². The molecule has 0 spiro atoms. The number of carbonyl (C=O) groups excluding carboxylic acids is 1. The molecule has 1 aromatic carbocycles. The van der Waals surface area contributed by atoms with Gasteiger partial charge in [0.05, 0.1) is 16.8 Å². The molecule has 3 N–H and O–H groups in total. The molecule has 0 aliphatic carbocycles. The minimum absolute atomic E-state index is 0.0768. The lowest BCUT2D eigenvalue weighted by Crippen LogP contribution is -2.51. The Balaban J connectivity index is 1.97. The standard InChI is InChI=1S/C14H17N3O3S/c1-3-14(2,12(19)20)15-8-11(18)17-13-16-9-6-4-5-7-10(9)21-13/h4-7,15H,3,8H2,1-2H3,(H,19,20)(H,16,17,18). The molecule has 1 amide bonds. The third-order valence-corrected chi connectivity index (χ3v) is 4.31. The summed E-state index contributed by atoms with van der Waals surface area (Å²) < 4.78 is 0.990. The summed E-state index contributed by atoms with van der Waals surface area (Å²) in [6, 6.07) is 7.60. The highest BCUT2D eigenvalue weighted by Crippen LogP contribution is 2.25. The highest BCUT2D eigenvalue weighted by atomic mass is 32.1. The second-order valence-electron chi connectivity index (χ2n) is 4.88. The van der Waals surface area contributed by atoms with E-state index in [1.54, 1.807) is 13.8 Å². The van der Waals surface area contributed by atoms with Crippen molar-refractivity contribution in [2.24, 2.45) is 0 Å². The van der Waals surface area contributed by atoms with E-state index in [-0.39, 0.29) is 12.5 Å². The number of thiazole rings is 1. The van der Waals surface area contributed by atoms with Gasteiger partial charge in [0.15, 0.2) is 5.13 Å². The lowest BCUT2D eigenvalue weighted by molar-refractivity contribution is -0.144. The lowest BCUT2D eigenvalue weighted by Gasteiger charge is -2.24. The zero-order chi connectivity index (χ0) is 15.5. The molecular weight excluding hydrogens is 290 g/mol. The smallest absolute Gasteiger partial charge is 0.323 e. The predicted octanol–water partition coefficient (Wildman–Crippen LogP) is 2.08. The number of amides is 1. The van der Waals surface area contributed by atoms with Gasteiger partial charge in [-0.2, -0.15) is 0 Å². The van der Waals surface area contributed by atoms with Gasteiger partial charge in [0.2, 0.25) is 5.91 Å². The number of hydrogen-bond donors (Lipinski definition) is 3. The van der Waals surface area contributed by atoms with Crippen molar-refractivity contribution >= 4 is 38.6 Å². The SMILES string of the molecule is CCC(C)(NCC(=O)Nc1nc2ccccc2s1)C(=O)O. The van der Waals surface area contributed by atoms with Crippen LogP contribution < -0.4 is 10.6 Å². The van der Waals surface area contributed by atoms with Crippen molar-refractivity contribution < 1.29 is 14.7 Å². The molecule has 0 bridgehead atoms. The zero-order valence-corrected chi connectivity index (χ0v) is 12.7. The van der Waals surface area contributed by atoms with E-state index in [4.69, 9.17) is 5.11 Å². The number of carbonyl (C=O) groups is 2. The van der Waals surface area contributed by atoms with Crippen molar-refractivity contribution in [3.63, 3.8) is 0 Å². The number of fused-ring (bicyclic) bond motifs is 1. The van der Waals surface area contributed by atoms with Gasteiger partial charge in [0, 0.05) is 0 Å². The number of hydrogen-bond acceptors (Lipinski definition) is 5. The Labute approximate surface area is 126 Å². The van der Waals surface area contributed by atoms with Crippen LogP contribution in [0.25, 0.3) is 10.2 Å². The van der Waals surface area contributed by atoms with Gasteiger partial charge < -0.3 is 10.4 Å². The summed E-state index contributed by atoms with van der Waals surface area (Å²) in [5, 5.41) is 15.1. The van der Waals surface area contributed by atoms with Crippen LogP contribution in [0.15, 0.2) is 24.3 Å². The first kappa shape index (κ1) is 15.4. The Morgan fingerprint density at radius 1 is 1.38 bits per heavy atom. The van der Waals surface area contributed by atoms with Crippen molar-refractivity contribution in [2.45, 2.75) is 25.8 Å². The van der Waals surface area contributed by atoms with Crippen LogP contribution >= 0.6 is 11.3 Å². The Kier molecular flexibility index (Phi) is 4.54. The monoisotopic (exact) mass is 307 g/mol. The van der Waals surface area contributed by atoms with Crippen LogP contribution in [0.2, 0.25) is 0 Å². The third-order valence-electron chi connectivity index (χ3n) is 3.36. The summed E-state index contributed by atoms with van der Waals surface area (Å²) in [5.41, 5.74) is -0.278. The number of para-hydroxylation sites is 1. The molecule has 1 aromatic heterocycles. The number of anilines is 1. The fourth-order valence-electron chi connectivity index (χ4n) is 1.72. The largest absolute Gasteiger partial charge is 0.480 e. The average Bonchev–Trinajstić information content (AvgIpc) is 2.86. The van der Waals surface area contributed by atoms with Gasteiger partial charge in [-0.05, 0) is 25.5 Å². The average molecular weight is 307 g/mol. The van der Waals surface area contributed by atoms with E-state index in [1.807, 2.05) is 24.3 Å². The molecular formula is C14H17N3O3S. The number of nitrogens with zero attached hydrogens (tertiary/aromatic N) is 1. The first-order chi connectivity index (χ1) is 9.94. The summed E-state index contributed by atoms with van der Waals surface area (Å²) in [6.45, 7) is 3.24. The van der Waals surface area contributed by atoms with E-state index < -0.39 is 11.5 Å². The van der Waals surface area contributed by atoms with Crippen LogP contribution in [-0.2, 0) is 9.59 Å². The summed E-state index contributed by atoms with van der Waals surface area (Å²) in [5.74, 6) is -1.28. The molecule has 21 heavy (non-hydrogen) atoms. The highest BCUT2D eigenvalue weighted by molar-refractivity contribution is 7.22. The predicted molar refractivity (Wildman–Crippen MR) is 82.6 cm³/mol. The molecule has 0 saturated carbocycles. The van der Waals surface area contributed by atoms with E-state index >= 15 is 0 Å². The summed E-state index contributed by atoms with van der Waals surface area (Å²) in [4.78, 5) is 27.3. The number of aliphatic carboxylic acids is 1. The van der Waals surface area contributed by atoms with Gasteiger partial charge in [-0.25, -0.2) is 4.98 Å². The van der Waals surface area contributed by atoms with Crippen molar-refractivity contribution in [3.05, 3.63) is 24.3 Å². The second kappa shape index (κ2) is 6.19. The van der Waals surface area contributed by atoms with Crippen molar-refractivity contribution in [1.82, 2.24) is 10.3 Å². The summed E-state index contributed by atoms with van der Waals surface area (Å²) >= 11 is 1.38. The zero-order valence-electron chi connectivity index (χ0n) is 11.8. The molecule has 112 valence electrons. The highest BCUT2D eigenvalue weighted by Gasteiger charge is 2.30. The summed E-state index contributed by atoms with van der Waals surface area (Å²) in [6.07, 6.45) is 0.386. The Hall–Kier alpha value is -1.99. The van der Waals surface area contributed by atoms with Crippen molar-refractivity contribution in [1.29, 1.82) is 0 Å². The van der Waals surface area contributed by atoms with Crippen LogP contribution in [0.4, 0.5) is 5.13 Å². The van der Waals surface area contributed by atoms with Gasteiger partial charge in [0.1, 0.15) is 5.54 Å². The minimum atomic E-state index is -1.11. The molecule has 0 saturated heterocycles. The first-order valence-electron chi connectivity index (χ1n) is 6.58. The molecule has 6 nitrogen and oxygen atoms in total. The molecule has 2 rings (SSSR count). The van der Waals surface area contributed by atoms with Gasteiger partial charge in [-0.15, -0.1) is 0 Å². The number of benzene rings is 1. The second-order valence-corrected chi connectivity index (χ2v) is 5.91. The Morgan fingerprint density at radius 2 is 2.10 bits per heavy atom. The van der Waals surface area contributed by atoms with Gasteiger partial charge in [0.25, 0.3) is 0 Å². The molecule has 2 aromatic rings. The fourth-order valence-corrected chi connectivity index (χ4v) is 2.60. The van der Waals surface area contributed by atoms with E-state index in [0.717, 1.165) is 10.2 Å². The Bertz CT molecular complexity index is 637. The maximum absolute atomic E-state index is 11.9. The number of rotatable bonds is 6. The fraction of sp³-hybridized carbons (Fsp3) is 0.357. The number of aromatic nitrogens is 1. The van der Waals surface area contributed by atoms with Crippen molar-refractivity contribution in [2.75, 3.05) is 11.9 Å². The number of nitrogens with one attached hydrogen (secondary N) is 2. The van der Waals surface area contributed by atoms with Crippen LogP contribution in [-0.4, -0.2) is 34.1 Å². The minimum Gasteiger partial charge on any atom is -0.480 e. The molecule has 0 aliphatic rings. The molecule has 0 fully saturated rings. The third kappa shape index (κ3) is 3.56. The van der Waals surface area contributed by atoms with Crippen LogP contribution in [0.3, 0.4) is 0 Å². The maximum atomic E-state index is 11.9. The molecule has 0 aliphatic heterocycles. The summed E-state index contributed by atoms with van der Waals surface area (Å²) in [7, 11) is 0. The van der Waals surface area contributed by atoms with E-state index in [9.17, 15) is 9.59 Å². The molecule has 1 atom stereocenters. The van der Waals surface area contributed by atoms with Gasteiger partial charge in [-0.1, -0.05) is 30.4 Å². The molecule has 1 unspecified atom stereocenters. The normalized spacial score (nSPS) is 13.8. The van der Waals surface area contributed by atoms with E-state index in [0.29, 0.717) is 11.6 Å². The van der Waals surface area contributed by atoms with Crippen LogP contribution in [0, 0.1) is 0 Å². The number of carboxylic acid groups (broad SMARTS) is 1. The van der Waals surface area contributed by atoms with Crippen molar-refractivity contribution in [3.8, 4) is 0 Å². The quantitative estimate of drug-likeness (QED) is 0.760. The van der Waals surface area contributed by atoms with Crippen LogP contribution in [0.1, 0.15) is 20.3 Å². The molecule has 1 heterocycles.